The van der Waals surface area contributed by atoms with E-state index in [0.29, 0.717) is 12.7 Å². The molecule has 0 bridgehead atoms. The Bertz CT molecular complexity index is 381. The molecular weight excluding hydrogens is 362 g/mol. The lowest BCUT2D eigenvalue weighted by molar-refractivity contribution is 0.109. The van der Waals surface area contributed by atoms with Gasteiger partial charge in [-0.3, -0.25) is 0 Å². The molecule has 1 aromatic rings. The molecule has 0 amide bonds. The molecule has 1 aromatic carbocycles. The van der Waals surface area contributed by atoms with E-state index >= 15 is 0 Å². The number of halogens is 2. The van der Waals surface area contributed by atoms with E-state index in [1.54, 1.807) is 0 Å². The summed E-state index contributed by atoms with van der Waals surface area (Å²) in [7, 11) is 0. The normalized spacial score (nSPS) is 19.1. The minimum absolute atomic E-state index is 0.393. The zero-order chi connectivity index (χ0) is 12.8. The van der Waals surface area contributed by atoms with Gasteiger partial charge >= 0.3 is 0 Å². The summed E-state index contributed by atoms with van der Waals surface area (Å²) >= 11 is 6.89. The van der Waals surface area contributed by atoms with Crippen molar-refractivity contribution in [2.24, 2.45) is 0 Å². The first-order chi connectivity index (χ1) is 8.75. The molecule has 2 rings (SSSR count). The number of hydrogen-bond acceptors (Lipinski definition) is 3. The van der Waals surface area contributed by atoms with Crippen molar-refractivity contribution >= 4 is 31.9 Å². The lowest BCUT2D eigenvalue weighted by atomic mass is 10.2. The third-order valence-corrected chi connectivity index (χ3v) is 3.94. The molecule has 0 saturated carbocycles. The van der Waals surface area contributed by atoms with Crippen molar-refractivity contribution in [3.8, 4) is 5.75 Å². The predicted molar refractivity (Wildman–Crippen MR) is 79.2 cm³/mol. The minimum atomic E-state index is 0.393. The molecule has 1 unspecified atom stereocenters. The van der Waals surface area contributed by atoms with E-state index in [1.165, 1.54) is 12.8 Å². The second kappa shape index (κ2) is 7.48. The average Bonchev–Trinajstić information content (AvgIpc) is 2.84. The van der Waals surface area contributed by atoms with Gasteiger partial charge in [-0.25, -0.2) is 0 Å². The molecule has 1 N–H and O–H groups in total. The number of hydrogen-bond donors (Lipinski definition) is 1. The Hall–Kier alpha value is -0.100. The van der Waals surface area contributed by atoms with E-state index < -0.39 is 0 Å². The van der Waals surface area contributed by atoms with Gasteiger partial charge in [-0.15, -0.1) is 0 Å². The molecule has 0 aromatic heterocycles. The Kier molecular flexibility index (Phi) is 5.95. The van der Waals surface area contributed by atoms with Crippen molar-refractivity contribution in [3.05, 3.63) is 27.1 Å². The molecule has 0 spiro atoms. The average molecular weight is 379 g/mol. The van der Waals surface area contributed by atoms with Crippen LogP contribution in [-0.4, -0.2) is 32.4 Å². The van der Waals surface area contributed by atoms with Gasteiger partial charge < -0.3 is 14.8 Å². The van der Waals surface area contributed by atoms with Crippen LogP contribution in [0.4, 0.5) is 0 Å². The topological polar surface area (TPSA) is 30.5 Å². The molecule has 0 radical (unpaired) electrons. The van der Waals surface area contributed by atoms with Crippen LogP contribution in [0.1, 0.15) is 12.8 Å². The highest BCUT2D eigenvalue weighted by Crippen LogP contribution is 2.27. The van der Waals surface area contributed by atoms with Gasteiger partial charge in [0.25, 0.3) is 0 Å². The van der Waals surface area contributed by atoms with Crippen molar-refractivity contribution in [3.63, 3.8) is 0 Å². The van der Waals surface area contributed by atoms with Crippen LogP contribution >= 0.6 is 31.9 Å². The maximum Gasteiger partial charge on any atom is 0.133 e. The van der Waals surface area contributed by atoms with Gasteiger partial charge in [-0.1, -0.05) is 15.9 Å². The predicted octanol–water partition coefficient (Wildman–Crippen LogP) is 3.36. The van der Waals surface area contributed by atoms with Crippen LogP contribution in [-0.2, 0) is 4.74 Å². The lowest BCUT2D eigenvalue weighted by Gasteiger charge is -2.12. The molecule has 1 fully saturated rings. The number of ether oxygens (including phenoxy) is 2. The van der Waals surface area contributed by atoms with E-state index in [-0.39, 0.29) is 0 Å². The Balaban J connectivity index is 1.62. The van der Waals surface area contributed by atoms with Crippen LogP contribution < -0.4 is 10.1 Å². The summed E-state index contributed by atoms with van der Waals surface area (Å²) in [6.07, 6.45) is 2.75. The molecule has 0 aliphatic carbocycles. The monoisotopic (exact) mass is 377 g/mol. The summed E-state index contributed by atoms with van der Waals surface area (Å²) in [4.78, 5) is 0. The van der Waals surface area contributed by atoms with Gasteiger partial charge in [-0.05, 0) is 47.0 Å². The molecule has 3 nitrogen and oxygen atoms in total. The smallest absolute Gasteiger partial charge is 0.133 e. The van der Waals surface area contributed by atoms with E-state index in [9.17, 15) is 0 Å². The van der Waals surface area contributed by atoms with Crippen molar-refractivity contribution in [1.29, 1.82) is 0 Å². The molecule has 5 heteroatoms. The van der Waals surface area contributed by atoms with Crippen molar-refractivity contribution in [2.45, 2.75) is 18.9 Å². The van der Waals surface area contributed by atoms with Gasteiger partial charge in [0, 0.05) is 24.2 Å². The van der Waals surface area contributed by atoms with Gasteiger partial charge in [-0.2, -0.15) is 0 Å². The first-order valence-corrected chi connectivity index (χ1v) is 7.74. The lowest BCUT2D eigenvalue weighted by Crippen LogP contribution is -2.29. The van der Waals surface area contributed by atoms with E-state index in [2.05, 4.69) is 37.2 Å². The van der Waals surface area contributed by atoms with Crippen LogP contribution in [0.2, 0.25) is 0 Å². The standard InChI is InChI=1S/C13H17Br2NO2/c14-10-3-4-13(12(15)8-10)18-7-5-16-9-11-2-1-6-17-11/h3-4,8,11,16H,1-2,5-7,9H2. The molecule has 18 heavy (non-hydrogen) atoms. The van der Waals surface area contributed by atoms with Crippen molar-refractivity contribution < 1.29 is 9.47 Å². The van der Waals surface area contributed by atoms with Gasteiger partial charge in [0.05, 0.1) is 10.6 Å². The molecule has 100 valence electrons. The first-order valence-electron chi connectivity index (χ1n) is 6.16. The zero-order valence-electron chi connectivity index (χ0n) is 10.1. The summed E-state index contributed by atoms with van der Waals surface area (Å²) < 4.78 is 13.2. The molecule has 1 aliphatic heterocycles. The fraction of sp³-hybridized carbons (Fsp3) is 0.538. The highest BCUT2D eigenvalue weighted by Gasteiger charge is 2.14. The quantitative estimate of drug-likeness (QED) is 0.770. The Morgan fingerprint density at radius 3 is 3.00 bits per heavy atom. The molecule has 1 heterocycles. The largest absolute Gasteiger partial charge is 0.491 e. The number of benzene rings is 1. The zero-order valence-corrected chi connectivity index (χ0v) is 13.3. The van der Waals surface area contributed by atoms with Crippen LogP contribution in [0.5, 0.6) is 5.75 Å². The minimum Gasteiger partial charge on any atom is -0.491 e. The SMILES string of the molecule is Brc1ccc(OCCNCC2CCCO2)c(Br)c1. The van der Waals surface area contributed by atoms with Crippen LogP contribution in [0.15, 0.2) is 27.1 Å². The summed E-state index contributed by atoms with van der Waals surface area (Å²) in [5, 5.41) is 3.35. The Morgan fingerprint density at radius 2 is 2.28 bits per heavy atom. The van der Waals surface area contributed by atoms with Gasteiger partial charge in [0.2, 0.25) is 0 Å². The third kappa shape index (κ3) is 4.53. The summed E-state index contributed by atoms with van der Waals surface area (Å²) in [6.45, 7) is 3.33. The van der Waals surface area contributed by atoms with E-state index in [4.69, 9.17) is 9.47 Å². The summed E-state index contributed by atoms with van der Waals surface area (Å²) in [6, 6.07) is 5.91. The molecule has 1 saturated heterocycles. The summed E-state index contributed by atoms with van der Waals surface area (Å²) in [5.41, 5.74) is 0. The maximum absolute atomic E-state index is 5.69. The van der Waals surface area contributed by atoms with Gasteiger partial charge in [0.15, 0.2) is 0 Å². The summed E-state index contributed by atoms with van der Waals surface area (Å²) in [5.74, 6) is 0.872. The number of rotatable bonds is 6. The number of nitrogens with one attached hydrogen (secondary N) is 1. The molecule has 1 atom stereocenters. The van der Waals surface area contributed by atoms with Gasteiger partial charge in [0.1, 0.15) is 12.4 Å². The van der Waals surface area contributed by atoms with Crippen LogP contribution in [0.25, 0.3) is 0 Å². The maximum atomic E-state index is 5.69. The second-order valence-electron chi connectivity index (χ2n) is 4.26. The van der Waals surface area contributed by atoms with E-state index in [0.717, 1.165) is 34.4 Å². The molecule has 1 aliphatic rings. The van der Waals surface area contributed by atoms with E-state index in [1.807, 2.05) is 18.2 Å². The third-order valence-electron chi connectivity index (χ3n) is 2.83. The second-order valence-corrected chi connectivity index (χ2v) is 6.03. The Morgan fingerprint density at radius 1 is 1.39 bits per heavy atom. The van der Waals surface area contributed by atoms with Crippen molar-refractivity contribution in [1.82, 2.24) is 5.32 Å². The fourth-order valence-electron chi connectivity index (χ4n) is 1.89. The van der Waals surface area contributed by atoms with Crippen LogP contribution in [0.3, 0.4) is 0 Å². The highest BCUT2D eigenvalue weighted by molar-refractivity contribution is 9.11. The highest BCUT2D eigenvalue weighted by atomic mass is 79.9. The fourth-order valence-corrected chi connectivity index (χ4v) is 3.06. The molecular formula is C13H17Br2NO2. The first kappa shape index (κ1) is 14.3. The van der Waals surface area contributed by atoms with Crippen LogP contribution in [0, 0.1) is 0 Å². The Labute approximate surface area is 124 Å². The van der Waals surface area contributed by atoms with Crippen molar-refractivity contribution in [2.75, 3.05) is 26.3 Å².